The number of halogens is 2. The summed E-state index contributed by atoms with van der Waals surface area (Å²) in [7, 11) is 0. The fraction of sp³-hybridized carbons (Fsp3) is 0.167. The van der Waals surface area contributed by atoms with Crippen LogP contribution in [0.1, 0.15) is 22.1 Å². The Hall–Kier alpha value is -0.900. The highest BCUT2D eigenvalue weighted by atomic mass is 35.5. The van der Waals surface area contributed by atoms with E-state index >= 15 is 0 Å². The van der Waals surface area contributed by atoms with E-state index in [0.717, 1.165) is 5.56 Å². The first-order valence-corrected chi connectivity index (χ1v) is 6.02. The third kappa shape index (κ3) is 2.12. The molecule has 1 atom stereocenters. The molecule has 0 aliphatic rings. The molecule has 0 fully saturated rings. The summed E-state index contributed by atoms with van der Waals surface area (Å²) in [5.74, 6) is -0.406. The number of rotatable bonds is 2. The topological polar surface area (TPSA) is 20.2 Å². The maximum absolute atomic E-state index is 13.6. The minimum absolute atomic E-state index is 0.259. The maximum atomic E-state index is 13.6. The molecule has 1 unspecified atom stereocenters. The SMILES string of the molecule is Cc1ccc(C(O)c2sccc2Cl)c(F)c1. The fourth-order valence-electron chi connectivity index (χ4n) is 1.50. The summed E-state index contributed by atoms with van der Waals surface area (Å²) in [5.41, 5.74) is 1.08. The lowest BCUT2D eigenvalue weighted by Gasteiger charge is -2.11. The molecule has 16 heavy (non-hydrogen) atoms. The van der Waals surface area contributed by atoms with Gasteiger partial charge in [0.1, 0.15) is 11.9 Å². The molecule has 0 aliphatic heterocycles. The molecule has 0 amide bonds. The van der Waals surface area contributed by atoms with Crippen molar-refractivity contribution >= 4 is 22.9 Å². The van der Waals surface area contributed by atoms with E-state index < -0.39 is 11.9 Å². The molecule has 84 valence electrons. The lowest BCUT2D eigenvalue weighted by atomic mass is 10.1. The summed E-state index contributed by atoms with van der Waals surface area (Å²) in [5, 5.41) is 12.3. The van der Waals surface area contributed by atoms with Crippen LogP contribution in [0.4, 0.5) is 4.39 Å². The van der Waals surface area contributed by atoms with Gasteiger partial charge < -0.3 is 5.11 Å². The van der Waals surface area contributed by atoms with Gasteiger partial charge in [0.05, 0.1) is 9.90 Å². The molecule has 0 radical (unpaired) electrons. The van der Waals surface area contributed by atoms with Crippen molar-refractivity contribution in [2.45, 2.75) is 13.0 Å². The van der Waals surface area contributed by atoms with Gasteiger partial charge in [-0.1, -0.05) is 23.7 Å². The van der Waals surface area contributed by atoms with Gasteiger partial charge in [0.25, 0.3) is 0 Å². The molecule has 0 saturated heterocycles. The van der Waals surface area contributed by atoms with Crippen molar-refractivity contribution in [2.75, 3.05) is 0 Å². The van der Waals surface area contributed by atoms with Crippen molar-refractivity contribution in [3.05, 3.63) is 56.5 Å². The number of hydrogen-bond donors (Lipinski definition) is 1. The molecule has 0 saturated carbocycles. The lowest BCUT2D eigenvalue weighted by Crippen LogP contribution is -2.01. The molecule has 2 rings (SSSR count). The van der Waals surface area contributed by atoms with Crippen molar-refractivity contribution in [3.63, 3.8) is 0 Å². The maximum Gasteiger partial charge on any atom is 0.129 e. The molecule has 1 aromatic carbocycles. The van der Waals surface area contributed by atoms with E-state index in [4.69, 9.17) is 11.6 Å². The Bertz CT molecular complexity index is 509. The summed E-state index contributed by atoms with van der Waals surface area (Å²) in [6.07, 6.45) is -0.993. The van der Waals surface area contributed by atoms with Gasteiger partial charge in [-0.15, -0.1) is 11.3 Å². The zero-order valence-corrected chi connectivity index (χ0v) is 10.1. The summed E-state index contributed by atoms with van der Waals surface area (Å²) in [6, 6.07) is 6.45. The van der Waals surface area contributed by atoms with Crippen LogP contribution in [-0.4, -0.2) is 5.11 Å². The summed E-state index contributed by atoms with van der Waals surface area (Å²) < 4.78 is 13.6. The first kappa shape index (κ1) is 11.6. The van der Waals surface area contributed by atoms with Crippen molar-refractivity contribution in [1.82, 2.24) is 0 Å². The average Bonchev–Trinajstić information content (AvgIpc) is 2.63. The average molecular weight is 257 g/mol. The van der Waals surface area contributed by atoms with Crippen LogP contribution in [0.15, 0.2) is 29.6 Å². The van der Waals surface area contributed by atoms with Crippen molar-refractivity contribution in [1.29, 1.82) is 0 Å². The highest BCUT2D eigenvalue weighted by Gasteiger charge is 2.18. The lowest BCUT2D eigenvalue weighted by molar-refractivity contribution is 0.219. The highest BCUT2D eigenvalue weighted by molar-refractivity contribution is 7.10. The van der Waals surface area contributed by atoms with Gasteiger partial charge in [-0.3, -0.25) is 0 Å². The number of aliphatic hydroxyl groups is 1. The van der Waals surface area contributed by atoms with Crippen molar-refractivity contribution in [3.8, 4) is 0 Å². The normalized spacial score (nSPS) is 12.8. The number of benzene rings is 1. The van der Waals surface area contributed by atoms with E-state index in [1.165, 1.54) is 17.4 Å². The third-order valence-electron chi connectivity index (χ3n) is 2.34. The molecular formula is C12H10ClFOS. The minimum Gasteiger partial charge on any atom is -0.383 e. The van der Waals surface area contributed by atoms with Gasteiger partial charge in [-0.05, 0) is 30.0 Å². The Labute approximate surface area is 102 Å². The van der Waals surface area contributed by atoms with Crippen LogP contribution >= 0.6 is 22.9 Å². The highest BCUT2D eigenvalue weighted by Crippen LogP contribution is 2.33. The van der Waals surface area contributed by atoms with Gasteiger partial charge in [-0.2, -0.15) is 0 Å². The first-order valence-electron chi connectivity index (χ1n) is 4.76. The van der Waals surface area contributed by atoms with Crippen LogP contribution in [0.25, 0.3) is 0 Å². The Morgan fingerprint density at radius 2 is 2.12 bits per heavy atom. The van der Waals surface area contributed by atoms with Gasteiger partial charge in [0.15, 0.2) is 0 Å². The minimum atomic E-state index is -0.993. The van der Waals surface area contributed by atoms with Crippen LogP contribution in [0.2, 0.25) is 5.02 Å². The molecule has 1 heterocycles. The number of aryl methyl sites for hydroxylation is 1. The predicted molar refractivity (Wildman–Crippen MR) is 64.5 cm³/mol. The Morgan fingerprint density at radius 3 is 2.69 bits per heavy atom. The number of thiophene rings is 1. The Kier molecular flexibility index (Phi) is 3.28. The van der Waals surface area contributed by atoms with Gasteiger partial charge in [0, 0.05) is 5.56 Å². The summed E-state index contributed by atoms with van der Waals surface area (Å²) >= 11 is 7.21. The molecule has 2 aromatic rings. The molecule has 0 spiro atoms. The van der Waals surface area contributed by atoms with E-state index in [9.17, 15) is 9.50 Å². The molecule has 1 aromatic heterocycles. The second-order valence-corrected chi connectivity index (χ2v) is 4.92. The molecule has 0 aliphatic carbocycles. The molecule has 4 heteroatoms. The van der Waals surface area contributed by atoms with Crippen LogP contribution in [0.5, 0.6) is 0 Å². The van der Waals surface area contributed by atoms with E-state index in [0.29, 0.717) is 9.90 Å². The predicted octanol–water partition coefficient (Wildman–Crippen LogP) is 3.93. The van der Waals surface area contributed by atoms with Crippen LogP contribution < -0.4 is 0 Å². The van der Waals surface area contributed by atoms with Crippen LogP contribution in [0, 0.1) is 12.7 Å². The Balaban J connectivity index is 2.41. The number of hydrogen-bond acceptors (Lipinski definition) is 2. The number of aliphatic hydroxyl groups excluding tert-OH is 1. The molecule has 1 N–H and O–H groups in total. The molecule has 1 nitrogen and oxygen atoms in total. The quantitative estimate of drug-likeness (QED) is 0.863. The van der Waals surface area contributed by atoms with Gasteiger partial charge in [-0.25, -0.2) is 4.39 Å². The van der Waals surface area contributed by atoms with Gasteiger partial charge in [0.2, 0.25) is 0 Å². The first-order chi connectivity index (χ1) is 7.59. The van der Waals surface area contributed by atoms with Crippen LogP contribution in [-0.2, 0) is 0 Å². The standard InChI is InChI=1S/C12H10ClFOS/c1-7-2-3-8(10(14)6-7)11(15)12-9(13)4-5-16-12/h2-6,11,15H,1H3. The zero-order chi connectivity index (χ0) is 11.7. The second-order valence-electron chi connectivity index (χ2n) is 3.56. The Morgan fingerprint density at radius 1 is 1.38 bits per heavy atom. The van der Waals surface area contributed by atoms with Crippen LogP contribution in [0.3, 0.4) is 0 Å². The largest absolute Gasteiger partial charge is 0.383 e. The molecule has 0 bridgehead atoms. The third-order valence-corrected chi connectivity index (χ3v) is 3.75. The van der Waals surface area contributed by atoms with Gasteiger partial charge >= 0.3 is 0 Å². The summed E-state index contributed by atoms with van der Waals surface area (Å²) in [6.45, 7) is 1.80. The van der Waals surface area contributed by atoms with E-state index in [2.05, 4.69) is 0 Å². The smallest absolute Gasteiger partial charge is 0.129 e. The van der Waals surface area contributed by atoms with E-state index in [-0.39, 0.29) is 5.56 Å². The van der Waals surface area contributed by atoms with E-state index in [1.807, 2.05) is 0 Å². The fourth-order valence-corrected chi connectivity index (χ4v) is 2.66. The zero-order valence-electron chi connectivity index (χ0n) is 8.58. The second kappa shape index (κ2) is 4.53. The summed E-state index contributed by atoms with van der Waals surface area (Å²) in [4.78, 5) is 0.574. The van der Waals surface area contributed by atoms with E-state index in [1.54, 1.807) is 30.5 Å². The monoisotopic (exact) mass is 256 g/mol. The molecular weight excluding hydrogens is 247 g/mol. The van der Waals surface area contributed by atoms with Crippen molar-refractivity contribution < 1.29 is 9.50 Å². The van der Waals surface area contributed by atoms with Crippen molar-refractivity contribution in [2.24, 2.45) is 0 Å².